The van der Waals surface area contributed by atoms with E-state index in [4.69, 9.17) is 12.6 Å². The highest BCUT2D eigenvalue weighted by Gasteiger charge is 2.26. The van der Waals surface area contributed by atoms with E-state index in [0.29, 0.717) is 5.92 Å². The second-order valence-corrected chi connectivity index (χ2v) is 2.82. The molecule has 2 atom stereocenters. The standard InChI is InChI=1S/C8H17BO/c1-5-7(3)8(9,6-2)10-4/h7H,5-6H2,1-4H3. The molecule has 0 aromatic carbocycles. The van der Waals surface area contributed by atoms with Gasteiger partial charge in [-0.25, -0.2) is 0 Å². The summed E-state index contributed by atoms with van der Waals surface area (Å²) >= 11 is 0. The molecule has 0 aliphatic rings. The van der Waals surface area contributed by atoms with Crippen LogP contribution in [0.5, 0.6) is 0 Å². The Bertz CT molecular complexity index is 89.3. The normalized spacial score (nSPS) is 20.0. The van der Waals surface area contributed by atoms with Crippen molar-refractivity contribution in [2.45, 2.75) is 39.1 Å². The molecule has 0 heterocycles. The van der Waals surface area contributed by atoms with Crippen LogP contribution in [-0.4, -0.2) is 20.5 Å². The molecule has 0 aliphatic carbocycles. The molecule has 0 saturated carbocycles. The summed E-state index contributed by atoms with van der Waals surface area (Å²) in [5.74, 6) is 0.433. The molecule has 0 aliphatic heterocycles. The van der Waals surface area contributed by atoms with Crippen molar-refractivity contribution in [1.82, 2.24) is 0 Å². The first-order valence-corrected chi connectivity index (χ1v) is 3.94. The molecule has 2 radical (unpaired) electrons. The van der Waals surface area contributed by atoms with E-state index >= 15 is 0 Å². The molecule has 0 bridgehead atoms. The molecule has 0 amide bonds. The van der Waals surface area contributed by atoms with Crippen molar-refractivity contribution in [2.75, 3.05) is 7.11 Å². The first-order valence-electron chi connectivity index (χ1n) is 3.94. The van der Waals surface area contributed by atoms with Crippen molar-refractivity contribution in [2.24, 2.45) is 5.92 Å². The fraction of sp³-hybridized carbons (Fsp3) is 1.00. The molecule has 2 unspecified atom stereocenters. The van der Waals surface area contributed by atoms with E-state index < -0.39 is 5.50 Å². The highest BCUT2D eigenvalue weighted by atomic mass is 16.5. The van der Waals surface area contributed by atoms with Gasteiger partial charge < -0.3 is 4.74 Å². The smallest absolute Gasteiger partial charge is 0.114 e. The van der Waals surface area contributed by atoms with Gasteiger partial charge in [-0.05, 0) is 12.3 Å². The van der Waals surface area contributed by atoms with Crippen LogP contribution in [0.1, 0.15) is 33.6 Å². The lowest BCUT2D eigenvalue weighted by atomic mass is 9.69. The number of methoxy groups -OCH3 is 1. The largest absolute Gasteiger partial charge is 0.388 e. The van der Waals surface area contributed by atoms with Crippen molar-refractivity contribution in [1.29, 1.82) is 0 Å². The molecule has 1 nitrogen and oxygen atoms in total. The molecule has 0 saturated heterocycles. The summed E-state index contributed by atoms with van der Waals surface area (Å²) in [6.45, 7) is 6.30. The molecule has 0 aromatic heterocycles. The SMILES string of the molecule is [B]C(CC)(OC)C(C)CC. The monoisotopic (exact) mass is 140 g/mol. The molecule has 0 rings (SSSR count). The number of ether oxygens (including phenoxy) is 1. The highest BCUT2D eigenvalue weighted by Crippen LogP contribution is 2.23. The van der Waals surface area contributed by atoms with Crippen LogP contribution in [0, 0.1) is 5.92 Å². The van der Waals surface area contributed by atoms with Crippen LogP contribution in [0.3, 0.4) is 0 Å². The van der Waals surface area contributed by atoms with Gasteiger partial charge in [0.15, 0.2) is 0 Å². The molecular weight excluding hydrogens is 123 g/mol. The van der Waals surface area contributed by atoms with Gasteiger partial charge in [-0.15, -0.1) is 0 Å². The second kappa shape index (κ2) is 4.02. The van der Waals surface area contributed by atoms with E-state index in [1.165, 1.54) is 0 Å². The third-order valence-corrected chi connectivity index (χ3v) is 2.38. The number of hydrogen-bond acceptors (Lipinski definition) is 1. The summed E-state index contributed by atoms with van der Waals surface area (Å²) in [5, 5.41) is 0. The quantitative estimate of drug-likeness (QED) is 0.542. The Kier molecular flexibility index (Phi) is 4.03. The summed E-state index contributed by atoms with van der Waals surface area (Å²) in [4.78, 5) is 0. The van der Waals surface area contributed by atoms with Crippen LogP contribution in [0.15, 0.2) is 0 Å². The van der Waals surface area contributed by atoms with Gasteiger partial charge in [0.1, 0.15) is 7.85 Å². The predicted molar refractivity (Wildman–Crippen MR) is 45.2 cm³/mol. The van der Waals surface area contributed by atoms with Crippen LogP contribution in [0.25, 0.3) is 0 Å². The first-order chi connectivity index (χ1) is 4.60. The van der Waals surface area contributed by atoms with E-state index in [2.05, 4.69) is 20.8 Å². The Hall–Kier alpha value is 0.0249. The predicted octanol–water partition coefficient (Wildman–Crippen LogP) is 1.95. The van der Waals surface area contributed by atoms with Gasteiger partial charge in [0.25, 0.3) is 0 Å². The summed E-state index contributed by atoms with van der Waals surface area (Å²) in [7, 11) is 7.60. The summed E-state index contributed by atoms with van der Waals surface area (Å²) in [6, 6.07) is 0. The fourth-order valence-electron chi connectivity index (χ4n) is 1.04. The average Bonchev–Trinajstić information content (AvgIpc) is 2.01. The van der Waals surface area contributed by atoms with Gasteiger partial charge >= 0.3 is 0 Å². The minimum atomic E-state index is -0.408. The van der Waals surface area contributed by atoms with Crippen molar-refractivity contribution < 1.29 is 4.74 Å². The Morgan fingerprint density at radius 2 is 2.00 bits per heavy atom. The van der Waals surface area contributed by atoms with E-state index in [1.54, 1.807) is 7.11 Å². The van der Waals surface area contributed by atoms with Crippen molar-refractivity contribution >= 4 is 7.85 Å². The van der Waals surface area contributed by atoms with Crippen LogP contribution >= 0.6 is 0 Å². The van der Waals surface area contributed by atoms with Crippen molar-refractivity contribution in [3.8, 4) is 0 Å². The van der Waals surface area contributed by atoms with Gasteiger partial charge in [-0.1, -0.05) is 27.2 Å². The maximum Gasteiger partial charge on any atom is 0.114 e. The van der Waals surface area contributed by atoms with Crippen LogP contribution < -0.4 is 0 Å². The van der Waals surface area contributed by atoms with Crippen LogP contribution in [0.2, 0.25) is 0 Å². The lowest BCUT2D eigenvalue weighted by Gasteiger charge is -2.33. The zero-order valence-electron chi connectivity index (χ0n) is 7.48. The van der Waals surface area contributed by atoms with Gasteiger partial charge in [-0.2, -0.15) is 0 Å². The minimum absolute atomic E-state index is 0.408. The fourth-order valence-corrected chi connectivity index (χ4v) is 1.04. The molecule has 0 N–H and O–H groups in total. The van der Waals surface area contributed by atoms with E-state index in [0.717, 1.165) is 12.8 Å². The first kappa shape index (κ1) is 10.0. The Morgan fingerprint density at radius 3 is 2.10 bits per heavy atom. The third kappa shape index (κ3) is 2.01. The molecule has 0 spiro atoms. The zero-order chi connectivity index (χ0) is 8.20. The summed E-state index contributed by atoms with van der Waals surface area (Å²) < 4.78 is 5.22. The lowest BCUT2D eigenvalue weighted by molar-refractivity contribution is 0.0142. The van der Waals surface area contributed by atoms with Crippen LogP contribution in [0.4, 0.5) is 0 Å². The molecule has 0 fully saturated rings. The van der Waals surface area contributed by atoms with Gasteiger partial charge in [0.05, 0.1) is 0 Å². The highest BCUT2D eigenvalue weighted by molar-refractivity contribution is 6.14. The number of rotatable bonds is 4. The Labute approximate surface area is 65.6 Å². The minimum Gasteiger partial charge on any atom is -0.388 e. The number of hydrogen-bond donors (Lipinski definition) is 0. The molecule has 10 heavy (non-hydrogen) atoms. The third-order valence-electron chi connectivity index (χ3n) is 2.38. The Morgan fingerprint density at radius 1 is 1.50 bits per heavy atom. The van der Waals surface area contributed by atoms with Gasteiger partial charge in [-0.3, -0.25) is 0 Å². The van der Waals surface area contributed by atoms with Gasteiger partial charge in [0, 0.05) is 12.6 Å². The van der Waals surface area contributed by atoms with Crippen LogP contribution in [-0.2, 0) is 4.74 Å². The topological polar surface area (TPSA) is 9.23 Å². The van der Waals surface area contributed by atoms with Gasteiger partial charge in [0.2, 0.25) is 0 Å². The van der Waals surface area contributed by atoms with Crippen molar-refractivity contribution in [3.63, 3.8) is 0 Å². The Balaban J connectivity index is 4.02. The average molecular weight is 140 g/mol. The van der Waals surface area contributed by atoms with E-state index in [-0.39, 0.29) is 0 Å². The molecule has 58 valence electrons. The maximum atomic E-state index is 5.93. The lowest BCUT2D eigenvalue weighted by Crippen LogP contribution is -2.38. The summed E-state index contributed by atoms with van der Waals surface area (Å²) in [6.07, 6.45) is 1.94. The van der Waals surface area contributed by atoms with Crippen molar-refractivity contribution in [3.05, 3.63) is 0 Å². The molecule has 0 aromatic rings. The molecule has 2 heteroatoms. The zero-order valence-corrected chi connectivity index (χ0v) is 7.48. The van der Waals surface area contributed by atoms with E-state index in [1.807, 2.05) is 0 Å². The molecular formula is C8H17BO. The van der Waals surface area contributed by atoms with E-state index in [9.17, 15) is 0 Å². The maximum absolute atomic E-state index is 5.93. The second-order valence-electron chi connectivity index (χ2n) is 2.82. The summed E-state index contributed by atoms with van der Waals surface area (Å²) in [5.41, 5.74) is -0.408.